The van der Waals surface area contributed by atoms with Crippen LogP contribution in [-0.4, -0.2) is 44.9 Å². The van der Waals surface area contributed by atoms with Crippen LogP contribution in [0.15, 0.2) is 59.3 Å². The number of aliphatic imine (C=N–C) groups is 1. The number of hydrogen-bond acceptors (Lipinski definition) is 8. The predicted molar refractivity (Wildman–Crippen MR) is 127 cm³/mol. The van der Waals surface area contributed by atoms with Crippen LogP contribution in [0.4, 0.5) is 5.95 Å². The van der Waals surface area contributed by atoms with E-state index in [1.54, 1.807) is 23.1 Å². The Morgan fingerprint density at radius 3 is 2.84 bits per heavy atom. The highest BCUT2D eigenvalue weighted by Crippen LogP contribution is 2.47. The molecule has 2 aromatic heterocycles. The molecular formula is C23H22N6OS2. The van der Waals surface area contributed by atoms with E-state index in [9.17, 15) is 4.79 Å². The molecule has 9 heteroatoms. The molecule has 1 amide bonds. The van der Waals surface area contributed by atoms with Crippen molar-refractivity contribution in [1.82, 2.24) is 20.3 Å². The van der Waals surface area contributed by atoms with Gasteiger partial charge in [-0.1, -0.05) is 30.0 Å². The first-order valence-electron chi connectivity index (χ1n) is 10.8. The molecule has 2 fully saturated rings. The van der Waals surface area contributed by atoms with E-state index in [4.69, 9.17) is 9.98 Å². The lowest BCUT2D eigenvalue weighted by molar-refractivity contribution is 0.0977. The molecule has 0 spiro atoms. The molecule has 7 nitrogen and oxygen atoms in total. The second-order valence-electron chi connectivity index (χ2n) is 8.47. The van der Waals surface area contributed by atoms with Gasteiger partial charge in [-0.25, -0.2) is 15.0 Å². The highest BCUT2D eigenvalue weighted by atomic mass is 32.2. The van der Waals surface area contributed by atoms with Crippen LogP contribution >= 0.6 is 23.1 Å². The highest BCUT2D eigenvalue weighted by molar-refractivity contribution is 8.13. The van der Waals surface area contributed by atoms with Crippen LogP contribution in [0.3, 0.4) is 0 Å². The van der Waals surface area contributed by atoms with Crippen LogP contribution in [-0.2, 0) is 5.54 Å². The number of anilines is 1. The van der Waals surface area contributed by atoms with Crippen molar-refractivity contribution in [2.45, 2.75) is 24.3 Å². The Morgan fingerprint density at radius 2 is 2.06 bits per heavy atom. The first kappa shape index (κ1) is 19.9. The number of aromatic nitrogens is 3. The number of benzene rings is 1. The normalized spacial score (nSPS) is 24.7. The molecule has 3 aromatic rings. The van der Waals surface area contributed by atoms with Gasteiger partial charge in [-0.05, 0) is 31.0 Å². The Labute approximate surface area is 194 Å². The SMILES string of the molecule is O=C(NC1=NC2(c3cncs3)CN(c3nccc(C4CC4)n3)CC2CS1)c1ccccc1. The molecule has 3 aliphatic rings. The molecule has 1 saturated carbocycles. The minimum Gasteiger partial charge on any atom is -0.338 e. The summed E-state index contributed by atoms with van der Waals surface area (Å²) in [6.07, 6.45) is 6.23. The fraction of sp³-hybridized carbons (Fsp3) is 0.348. The molecule has 0 radical (unpaired) electrons. The summed E-state index contributed by atoms with van der Waals surface area (Å²) in [7, 11) is 0. The summed E-state index contributed by atoms with van der Waals surface area (Å²) < 4.78 is 0. The molecule has 2 aliphatic heterocycles. The van der Waals surface area contributed by atoms with Crippen LogP contribution in [0.2, 0.25) is 0 Å². The Kier molecular flexibility index (Phi) is 4.95. The van der Waals surface area contributed by atoms with E-state index in [1.807, 2.05) is 54.3 Å². The molecule has 4 heterocycles. The lowest BCUT2D eigenvalue weighted by Gasteiger charge is -2.33. The van der Waals surface area contributed by atoms with Gasteiger partial charge in [-0.2, -0.15) is 0 Å². The van der Waals surface area contributed by atoms with Gasteiger partial charge in [-0.3, -0.25) is 9.78 Å². The zero-order valence-corrected chi connectivity index (χ0v) is 19.0. The first-order valence-corrected chi connectivity index (χ1v) is 12.6. The number of thiazole rings is 1. The quantitative estimate of drug-likeness (QED) is 0.637. The summed E-state index contributed by atoms with van der Waals surface area (Å²) in [4.78, 5) is 35.1. The molecule has 1 aromatic carbocycles. The Balaban J connectivity index is 1.32. The van der Waals surface area contributed by atoms with E-state index in [2.05, 4.69) is 20.2 Å². The lowest BCUT2D eigenvalue weighted by atomic mass is 9.87. The van der Waals surface area contributed by atoms with Crippen LogP contribution in [0.1, 0.15) is 39.7 Å². The number of fused-ring (bicyclic) bond motifs is 1. The average Bonchev–Trinajstić information content (AvgIpc) is 3.38. The van der Waals surface area contributed by atoms with E-state index >= 15 is 0 Å². The van der Waals surface area contributed by atoms with Crippen molar-refractivity contribution in [2.24, 2.45) is 10.9 Å². The molecule has 2 atom stereocenters. The zero-order chi connectivity index (χ0) is 21.5. The molecule has 1 aliphatic carbocycles. The summed E-state index contributed by atoms with van der Waals surface area (Å²) in [5.41, 5.74) is 3.17. The van der Waals surface area contributed by atoms with Gasteiger partial charge in [0.05, 0.1) is 16.9 Å². The maximum absolute atomic E-state index is 12.7. The number of hydrogen-bond donors (Lipinski definition) is 1. The van der Waals surface area contributed by atoms with Gasteiger partial charge < -0.3 is 10.2 Å². The molecule has 0 bridgehead atoms. The molecule has 2 unspecified atom stereocenters. The van der Waals surface area contributed by atoms with E-state index < -0.39 is 5.54 Å². The maximum Gasteiger partial charge on any atom is 0.257 e. The van der Waals surface area contributed by atoms with Crippen molar-refractivity contribution in [3.63, 3.8) is 0 Å². The number of amidine groups is 1. The molecule has 162 valence electrons. The van der Waals surface area contributed by atoms with Crippen LogP contribution in [0, 0.1) is 5.92 Å². The summed E-state index contributed by atoms with van der Waals surface area (Å²) in [6, 6.07) is 11.3. The number of nitrogens with one attached hydrogen (secondary N) is 1. The van der Waals surface area contributed by atoms with Gasteiger partial charge in [-0.15, -0.1) is 11.3 Å². The van der Waals surface area contributed by atoms with Crippen molar-refractivity contribution in [3.05, 3.63) is 70.4 Å². The topological polar surface area (TPSA) is 83.4 Å². The van der Waals surface area contributed by atoms with Crippen molar-refractivity contribution < 1.29 is 4.79 Å². The second-order valence-corrected chi connectivity index (χ2v) is 10.4. The summed E-state index contributed by atoms with van der Waals surface area (Å²) >= 11 is 3.23. The van der Waals surface area contributed by atoms with Gasteiger partial charge in [0.15, 0.2) is 5.17 Å². The van der Waals surface area contributed by atoms with Crippen LogP contribution < -0.4 is 10.2 Å². The molecular weight excluding hydrogens is 440 g/mol. The number of amides is 1. The molecule has 1 N–H and O–H groups in total. The Bertz CT molecular complexity index is 1160. The first-order chi connectivity index (χ1) is 15.7. The second kappa shape index (κ2) is 7.97. The maximum atomic E-state index is 12.7. The minimum atomic E-state index is -0.454. The fourth-order valence-corrected chi connectivity index (χ4v) is 6.44. The zero-order valence-electron chi connectivity index (χ0n) is 17.3. The van der Waals surface area contributed by atoms with E-state index in [0.29, 0.717) is 29.1 Å². The summed E-state index contributed by atoms with van der Waals surface area (Å²) in [6.45, 7) is 1.52. The Hall–Kier alpha value is -2.78. The third-order valence-corrected chi connectivity index (χ3v) is 8.30. The lowest BCUT2D eigenvalue weighted by Crippen LogP contribution is -2.42. The van der Waals surface area contributed by atoms with Crippen LogP contribution in [0.5, 0.6) is 0 Å². The van der Waals surface area contributed by atoms with Crippen molar-refractivity contribution in [1.29, 1.82) is 0 Å². The molecule has 6 rings (SSSR count). The van der Waals surface area contributed by atoms with Gasteiger partial charge >= 0.3 is 0 Å². The molecule has 1 saturated heterocycles. The summed E-state index contributed by atoms with van der Waals surface area (Å²) in [5.74, 6) is 2.39. The summed E-state index contributed by atoms with van der Waals surface area (Å²) in [5, 5.41) is 3.69. The van der Waals surface area contributed by atoms with Crippen LogP contribution in [0.25, 0.3) is 0 Å². The monoisotopic (exact) mass is 462 g/mol. The van der Waals surface area contributed by atoms with Crippen molar-refractivity contribution in [2.75, 3.05) is 23.7 Å². The largest absolute Gasteiger partial charge is 0.338 e. The van der Waals surface area contributed by atoms with Gasteiger partial charge in [0, 0.05) is 47.8 Å². The minimum absolute atomic E-state index is 0.134. The number of nitrogens with zero attached hydrogens (tertiary/aromatic N) is 5. The van der Waals surface area contributed by atoms with E-state index in [1.165, 1.54) is 12.8 Å². The number of rotatable bonds is 4. The Morgan fingerprint density at radius 1 is 1.19 bits per heavy atom. The third kappa shape index (κ3) is 3.59. The number of thioether (sulfide) groups is 1. The van der Waals surface area contributed by atoms with Crippen molar-refractivity contribution in [3.8, 4) is 0 Å². The van der Waals surface area contributed by atoms with Crippen molar-refractivity contribution >= 4 is 40.1 Å². The van der Waals surface area contributed by atoms with Gasteiger partial charge in [0.25, 0.3) is 5.91 Å². The van der Waals surface area contributed by atoms with Gasteiger partial charge in [0.1, 0.15) is 5.54 Å². The van der Waals surface area contributed by atoms with E-state index in [0.717, 1.165) is 28.8 Å². The highest BCUT2D eigenvalue weighted by Gasteiger charge is 2.52. The fourth-order valence-electron chi connectivity index (χ4n) is 4.47. The third-order valence-electron chi connectivity index (χ3n) is 6.33. The standard InChI is InChI=1S/C23H22N6OS2/c30-20(16-4-2-1-3-5-16)27-22-28-23(19-10-24-14-32-19)13-29(11-17(23)12-31-22)21-25-9-8-18(26-21)15-6-7-15/h1-5,8-10,14-15,17H,6-7,11-13H2,(H,27,28,30). The number of carbonyl (C=O) groups is 1. The van der Waals surface area contributed by atoms with Gasteiger partial charge in [0.2, 0.25) is 5.95 Å². The predicted octanol–water partition coefficient (Wildman–Crippen LogP) is 3.68. The smallest absolute Gasteiger partial charge is 0.257 e. The number of carbonyl (C=O) groups excluding carboxylic acids is 1. The average molecular weight is 463 g/mol. The van der Waals surface area contributed by atoms with E-state index in [-0.39, 0.29) is 5.91 Å². The molecule has 32 heavy (non-hydrogen) atoms.